The van der Waals surface area contributed by atoms with Crippen molar-refractivity contribution in [1.29, 1.82) is 0 Å². The number of nitrogen functional groups attached to an aromatic ring is 1. The van der Waals surface area contributed by atoms with Crippen molar-refractivity contribution in [1.82, 2.24) is 4.90 Å². The smallest absolute Gasteiger partial charge is 0.121 e. The van der Waals surface area contributed by atoms with Gasteiger partial charge in [-0.25, -0.2) is 0 Å². The Morgan fingerprint density at radius 2 is 2.32 bits per heavy atom. The number of likely N-dealkylation sites (tertiary alicyclic amines) is 1. The van der Waals surface area contributed by atoms with Crippen molar-refractivity contribution in [3.63, 3.8) is 0 Å². The van der Waals surface area contributed by atoms with Crippen molar-refractivity contribution < 1.29 is 9.84 Å². The zero-order valence-electron chi connectivity index (χ0n) is 11.6. The average Bonchev–Trinajstić information content (AvgIpc) is 2.34. The van der Waals surface area contributed by atoms with Crippen molar-refractivity contribution in [2.75, 3.05) is 32.0 Å². The molecule has 1 aromatic carbocycles. The summed E-state index contributed by atoms with van der Waals surface area (Å²) in [6, 6.07) is 7.50. The van der Waals surface area contributed by atoms with Gasteiger partial charge in [-0.3, -0.25) is 0 Å². The Balaban J connectivity index is 1.67. The molecule has 1 unspecified atom stereocenters. The predicted octanol–water partition coefficient (Wildman–Crippen LogP) is 1.88. The Bertz CT molecular complexity index is 407. The molecule has 106 valence electrons. The standard InChI is InChI=1S/C15H24N2O2/c1-15(18)7-3-8-17(12-15)9-4-10-19-14-6-2-5-13(16)11-14/h2,5-6,11,18H,3-4,7-10,12,16H2,1H3. The highest BCUT2D eigenvalue weighted by Crippen LogP contribution is 2.20. The van der Waals surface area contributed by atoms with E-state index in [9.17, 15) is 5.11 Å². The van der Waals surface area contributed by atoms with E-state index in [1.807, 2.05) is 31.2 Å². The number of anilines is 1. The van der Waals surface area contributed by atoms with Crippen molar-refractivity contribution in [2.45, 2.75) is 31.8 Å². The van der Waals surface area contributed by atoms with Crippen LogP contribution in [0.25, 0.3) is 0 Å². The molecule has 1 heterocycles. The largest absolute Gasteiger partial charge is 0.493 e. The van der Waals surface area contributed by atoms with E-state index in [0.717, 1.165) is 50.3 Å². The van der Waals surface area contributed by atoms with Gasteiger partial charge in [0, 0.05) is 24.8 Å². The second-order valence-electron chi connectivity index (χ2n) is 5.65. The first-order chi connectivity index (χ1) is 9.05. The minimum absolute atomic E-state index is 0.521. The Labute approximate surface area is 115 Å². The van der Waals surface area contributed by atoms with Crippen LogP contribution in [0.4, 0.5) is 5.69 Å². The number of hydrogen-bond donors (Lipinski definition) is 2. The molecule has 0 radical (unpaired) electrons. The molecule has 1 aromatic rings. The molecule has 0 spiro atoms. The third-order valence-corrected chi connectivity index (χ3v) is 3.50. The zero-order chi connectivity index (χ0) is 13.7. The van der Waals surface area contributed by atoms with Crippen LogP contribution in [0.3, 0.4) is 0 Å². The average molecular weight is 264 g/mol. The number of hydrogen-bond acceptors (Lipinski definition) is 4. The fraction of sp³-hybridized carbons (Fsp3) is 0.600. The number of ether oxygens (including phenoxy) is 1. The number of β-amino-alcohol motifs (C(OH)–C–C–N with tert-alkyl or cyclic N) is 1. The van der Waals surface area contributed by atoms with Crippen LogP contribution in [0.1, 0.15) is 26.2 Å². The summed E-state index contributed by atoms with van der Waals surface area (Å²) in [6.07, 6.45) is 2.94. The summed E-state index contributed by atoms with van der Waals surface area (Å²) in [4.78, 5) is 2.31. The molecule has 0 amide bonds. The molecular formula is C15H24N2O2. The number of piperidine rings is 1. The molecule has 19 heavy (non-hydrogen) atoms. The molecule has 0 aromatic heterocycles. The summed E-state index contributed by atoms with van der Waals surface area (Å²) in [6.45, 7) is 5.42. The molecule has 0 aliphatic carbocycles. The number of nitrogens with two attached hydrogens (primary N) is 1. The lowest BCUT2D eigenvalue weighted by Gasteiger charge is -2.36. The minimum atomic E-state index is -0.521. The fourth-order valence-corrected chi connectivity index (χ4v) is 2.60. The van der Waals surface area contributed by atoms with Gasteiger partial charge in [0.1, 0.15) is 5.75 Å². The highest BCUT2D eigenvalue weighted by Gasteiger charge is 2.27. The van der Waals surface area contributed by atoms with Crippen molar-refractivity contribution in [3.8, 4) is 5.75 Å². The van der Waals surface area contributed by atoms with Crippen LogP contribution in [-0.2, 0) is 0 Å². The molecule has 1 aliphatic heterocycles. The summed E-state index contributed by atoms with van der Waals surface area (Å²) >= 11 is 0. The van der Waals surface area contributed by atoms with Gasteiger partial charge in [0.15, 0.2) is 0 Å². The number of nitrogens with zero attached hydrogens (tertiary/aromatic N) is 1. The summed E-state index contributed by atoms with van der Waals surface area (Å²) in [5, 5.41) is 10.0. The lowest BCUT2D eigenvalue weighted by atomic mass is 9.95. The van der Waals surface area contributed by atoms with E-state index in [1.54, 1.807) is 0 Å². The van der Waals surface area contributed by atoms with Crippen LogP contribution < -0.4 is 10.5 Å². The van der Waals surface area contributed by atoms with Gasteiger partial charge in [-0.05, 0) is 44.9 Å². The van der Waals surface area contributed by atoms with Gasteiger partial charge in [-0.1, -0.05) is 6.07 Å². The molecule has 4 nitrogen and oxygen atoms in total. The van der Waals surface area contributed by atoms with Gasteiger partial charge in [0.25, 0.3) is 0 Å². The third-order valence-electron chi connectivity index (χ3n) is 3.50. The molecule has 1 saturated heterocycles. The van der Waals surface area contributed by atoms with E-state index in [0.29, 0.717) is 6.61 Å². The molecule has 1 aliphatic rings. The Kier molecular flexibility index (Phi) is 4.66. The van der Waals surface area contributed by atoms with Crippen molar-refractivity contribution >= 4 is 5.69 Å². The van der Waals surface area contributed by atoms with E-state index in [1.165, 1.54) is 0 Å². The third kappa shape index (κ3) is 4.73. The Morgan fingerprint density at radius 1 is 1.47 bits per heavy atom. The SMILES string of the molecule is CC1(O)CCCN(CCCOc2cccc(N)c2)C1. The maximum atomic E-state index is 10.0. The summed E-state index contributed by atoms with van der Waals surface area (Å²) in [5.41, 5.74) is 5.90. The maximum absolute atomic E-state index is 10.0. The predicted molar refractivity (Wildman–Crippen MR) is 77.3 cm³/mol. The topological polar surface area (TPSA) is 58.7 Å². The Morgan fingerprint density at radius 3 is 3.05 bits per heavy atom. The first-order valence-corrected chi connectivity index (χ1v) is 6.98. The van der Waals surface area contributed by atoms with E-state index in [2.05, 4.69) is 4.90 Å². The van der Waals surface area contributed by atoms with Crippen molar-refractivity contribution in [2.24, 2.45) is 0 Å². The summed E-state index contributed by atoms with van der Waals surface area (Å²) < 4.78 is 5.66. The molecule has 3 N–H and O–H groups in total. The lowest BCUT2D eigenvalue weighted by Crippen LogP contribution is -2.46. The second-order valence-corrected chi connectivity index (χ2v) is 5.65. The molecular weight excluding hydrogens is 240 g/mol. The van der Waals surface area contributed by atoms with Crippen LogP contribution in [0.5, 0.6) is 5.75 Å². The second kappa shape index (κ2) is 6.26. The number of rotatable bonds is 5. The summed E-state index contributed by atoms with van der Waals surface area (Å²) in [7, 11) is 0. The van der Waals surface area contributed by atoms with E-state index < -0.39 is 5.60 Å². The van der Waals surface area contributed by atoms with Crippen LogP contribution in [0.2, 0.25) is 0 Å². The molecule has 1 atom stereocenters. The van der Waals surface area contributed by atoms with E-state index >= 15 is 0 Å². The fourth-order valence-electron chi connectivity index (χ4n) is 2.60. The monoisotopic (exact) mass is 264 g/mol. The first-order valence-electron chi connectivity index (χ1n) is 6.98. The van der Waals surface area contributed by atoms with Gasteiger partial charge in [-0.2, -0.15) is 0 Å². The van der Waals surface area contributed by atoms with Gasteiger partial charge in [-0.15, -0.1) is 0 Å². The minimum Gasteiger partial charge on any atom is -0.493 e. The van der Waals surface area contributed by atoms with Gasteiger partial charge in [0.05, 0.1) is 12.2 Å². The first kappa shape index (κ1) is 14.2. The maximum Gasteiger partial charge on any atom is 0.121 e. The highest BCUT2D eigenvalue weighted by molar-refractivity contribution is 5.43. The van der Waals surface area contributed by atoms with Gasteiger partial charge >= 0.3 is 0 Å². The van der Waals surface area contributed by atoms with Crippen LogP contribution in [0, 0.1) is 0 Å². The molecule has 4 heteroatoms. The lowest BCUT2D eigenvalue weighted by molar-refractivity contribution is -0.0165. The molecule has 0 bridgehead atoms. The number of benzene rings is 1. The summed E-state index contributed by atoms with van der Waals surface area (Å²) in [5.74, 6) is 0.825. The Hall–Kier alpha value is -1.26. The molecule has 2 rings (SSSR count). The van der Waals surface area contributed by atoms with Gasteiger partial charge in [0.2, 0.25) is 0 Å². The van der Waals surface area contributed by atoms with Gasteiger partial charge < -0.3 is 20.5 Å². The van der Waals surface area contributed by atoms with E-state index in [4.69, 9.17) is 10.5 Å². The van der Waals surface area contributed by atoms with Crippen LogP contribution in [0.15, 0.2) is 24.3 Å². The quantitative estimate of drug-likeness (QED) is 0.630. The van der Waals surface area contributed by atoms with Crippen LogP contribution in [-0.4, -0.2) is 41.8 Å². The zero-order valence-corrected chi connectivity index (χ0v) is 11.6. The molecule has 0 saturated carbocycles. The molecule has 1 fully saturated rings. The number of aliphatic hydroxyl groups is 1. The normalized spacial score (nSPS) is 24.3. The van der Waals surface area contributed by atoms with Crippen LogP contribution >= 0.6 is 0 Å². The van der Waals surface area contributed by atoms with E-state index in [-0.39, 0.29) is 0 Å². The highest BCUT2D eigenvalue weighted by atomic mass is 16.5. The van der Waals surface area contributed by atoms with Crippen molar-refractivity contribution in [3.05, 3.63) is 24.3 Å².